The lowest BCUT2D eigenvalue weighted by Crippen LogP contribution is -2.47. The van der Waals surface area contributed by atoms with Gasteiger partial charge >= 0.3 is 0 Å². The fourth-order valence-corrected chi connectivity index (χ4v) is 20.7. The van der Waals surface area contributed by atoms with Gasteiger partial charge in [0.1, 0.15) is 19.7 Å². The van der Waals surface area contributed by atoms with Gasteiger partial charge in [-0.25, -0.2) is 9.49 Å². The zero-order valence-corrected chi connectivity index (χ0v) is 35.7. The molecule has 0 aromatic carbocycles. The maximum atomic E-state index is 6.63. The highest BCUT2D eigenvalue weighted by atomic mass is 32.1. The summed E-state index contributed by atoms with van der Waals surface area (Å²) in [5.74, 6) is 0. The molecule has 6 aliphatic rings. The Balaban J connectivity index is 1.28. The first-order valence-corrected chi connectivity index (χ1v) is 25.0. The van der Waals surface area contributed by atoms with Crippen LogP contribution in [0.15, 0.2) is 33.9 Å². The van der Waals surface area contributed by atoms with Crippen molar-refractivity contribution in [1.82, 2.24) is 23.1 Å². The molecule has 0 spiro atoms. The Kier molecular flexibility index (Phi) is 13.5. The van der Waals surface area contributed by atoms with Crippen LogP contribution in [0.2, 0.25) is 0 Å². The number of pyridine rings is 1. The van der Waals surface area contributed by atoms with Crippen molar-refractivity contribution >= 4 is 54.6 Å². The summed E-state index contributed by atoms with van der Waals surface area (Å²) >= 11 is 13.3. The van der Waals surface area contributed by atoms with Crippen molar-refractivity contribution in [2.24, 2.45) is 9.49 Å². The summed E-state index contributed by atoms with van der Waals surface area (Å²) in [4.78, 5) is 1.42. The van der Waals surface area contributed by atoms with E-state index in [1.165, 1.54) is 64.2 Å². The van der Waals surface area contributed by atoms with E-state index in [2.05, 4.69) is 54.4 Å². The minimum atomic E-state index is -2.26. The van der Waals surface area contributed by atoms with Gasteiger partial charge in [-0.1, -0.05) is 69.0 Å². The fourth-order valence-electron chi connectivity index (χ4n) is 10.2. The molecule has 298 valence electrons. The molecule has 6 fully saturated rings. The van der Waals surface area contributed by atoms with Crippen LogP contribution in [0, 0.1) is 6.92 Å². The summed E-state index contributed by atoms with van der Waals surface area (Å²) in [6.45, 7) is 15.3. The molecule has 54 heavy (non-hydrogen) atoms. The molecule has 2 aliphatic carbocycles. The smallest absolute Gasteiger partial charge is 0.151 e. The molecular weight excluding hydrogens is 757 g/mol. The zero-order chi connectivity index (χ0) is 37.0. The van der Waals surface area contributed by atoms with E-state index in [1.807, 2.05) is 0 Å². The Morgan fingerprint density at radius 1 is 0.574 bits per heavy atom. The van der Waals surface area contributed by atoms with Crippen LogP contribution in [-0.2, 0) is 18.9 Å². The molecule has 0 unspecified atom stereocenters. The van der Waals surface area contributed by atoms with Crippen molar-refractivity contribution in [3.63, 3.8) is 0 Å². The summed E-state index contributed by atoms with van der Waals surface area (Å²) in [5, 5.41) is 0. The predicted molar refractivity (Wildman–Crippen MR) is 228 cm³/mol. The summed E-state index contributed by atoms with van der Waals surface area (Å²) in [5.41, 5.74) is 5.19. The monoisotopic (exact) mass is 817 g/mol. The van der Waals surface area contributed by atoms with E-state index in [1.54, 1.807) is 0 Å². The first-order valence-electron chi connectivity index (χ1n) is 20.8. The van der Waals surface area contributed by atoms with Crippen LogP contribution in [-0.4, -0.2) is 150 Å². The maximum absolute atomic E-state index is 6.63. The molecular formula is C39H61N7O4P2S2. The van der Waals surface area contributed by atoms with Gasteiger partial charge in [0.15, 0.2) is 4.99 Å². The number of morpholine rings is 4. The average molecular weight is 818 g/mol. The Labute approximate surface area is 333 Å². The van der Waals surface area contributed by atoms with Gasteiger partial charge in [-0.3, -0.25) is 18.7 Å². The predicted octanol–water partition coefficient (Wildman–Crippen LogP) is 7.66. The van der Waals surface area contributed by atoms with E-state index in [-0.39, 0.29) is 0 Å². The van der Waals surface area contributed by atoms with E-state index in [9.17, 15) is 0 Å². The molecule has 2 aromatic rings. The number of nitrogens with zero attached hydrogens (tertiary/aromatic N) is 7. The molecule has 2 aromatic heterocycles. The van der Waals surface area contributed by atoms with Crippen LogP contribution in [0.4, 0.5) is 0 Å². The number of thiocarbonyl (C=S) groups is 2. The highest BCUT2D eigenvalue weighted by molar-refractivity contribution is 7.82. The second kappa shape index (κ2) is 18.3. The van der Waals surface area contributed by atoms with Crippen molar-refractivity contribution in [3.8, 4) is 0 Å². The summed E-state index contributed by atoms with van der Waals surface area (Å²) in [6, 6.07) is 6.43. The highest BCUT2D eigenvalue weighted by Crippen LogP contribution is 2.66. The lowest BCUT2D eigenvalue weighted by Gasteiger charge is -2.51. The largest absolute Gasteiger partial charge is 0.379 e. The summed E-state index contributed by atoms with van der Waals surface area (Å²) in [7, 11) is -4.51. The lowest BCUT2D eigenvalue weighted by atomic mass is 10.0. The highest BCUT2D eigenvalue weighted by Gasteiger charge is 2.45. The molecule has 8 rings (SSSR count). The number of hydrogen-bond donors (Lipinski definition) is 0. The standard InChI is InChI=1S/C39H61N7O4P2S2/c1-32-36(38(53)40-51(33-10-4-2-5-11-33,42-16-24-47-25-17-42)43-18-26-48-27-19-43)35-14-8-9-15-46(35)37(32)39(54)41-52(34-12-6-3-7-13-34,44-20-28-49-29-21-44)45-22-30-50-31-23-45/h8-9,14-15,33-34H,2-7,10-13,16-31H2,1H3. The van der Waals surface area contributed by atoms with Gasteiger partial charge in [0.2, 0.25) is 0 Å². The number of fused-ring (bicyclic) bond motifs is 1. The molecule has 0 atom stereocenters. The first kappa shape index (κ1) is 39.9. The normalized spacial score (nSPS) is 24.5. The Morgan fingerprint density at radius 3 is 1.37 bits per heavy atom. The average Bonchev–Trinajstić information content (AvgIpc) is 3.55. The Bertz CT molecular complexity index is 1510. The van der Waals surface area contributed by atoms with Crippen LogP contribution >= 0.6 is 39.1 Å². The van der Waals surface area contributed by atoms with Gasteiger partial charge < -0.3 is 23.3 Å². The number of aromatic nitrogens is 1. The Hall–Kier alpha value is -0.920. The van der Waals surface area contributed by atoms with Crippen LogP contribution < -0.4 is 0 Å². The van der Waals surface area contributed by atoms with E-state index in [0.717, 1.165) is 133 Å². The minimum Gasteiger partial charge on any atom is -0.379 e. The van der Waals surface area contributed by atoms with Gasteiger partial charge in [-0.15, -0.1) is 0 Å². The molecule has 2 saturated carbocycles. The number of ether oxygens (including phenoxy) is 4. The molecule has 0 bridgehead atoms. The number of rotatable bonds is 8. The van der Waals surface area contributed by atoms with Crippen LogP contribution in [0.3, 0.4) is 0 Å². The number of hydrogen-bond acceptors (Lipinski definition) is 6. The fraction of sp³-hybridized carbons (Fsp3) is 0.744. The molecule has 0 radical (unpaired) electrons. The lowest BCUT2D eigenvalue weighted by molar-refractivity contribution is 0.0554. The van der Waals surface area contributed by atoms with Crippen LogP contribution in [0.5, 0.6) is 0 Å². The van der Waals surface area contributed by atoms with Crippen molar-refractivity contribution in [2.45, 2.75) is 82.4 Å². The molecule has 6 heterocycles. The second-order valence-corrected chi connectivity index (χ2v) is 23.0. The van der Waals surface area contributed by atoms with Gasteiger partial charge in [-0.2, -0.15) is 0 Å². The maximum Gasteiger partial charge on any atom is 0.151 e. The van der Waals surface area contributed by atoms with Gasteiger partial charge in [0.05, 0.1) is 64.1 Å². The SMILES string of the molecule is Cc1c(C(=S)N=P(C2CCCCC2)(N2CCOCC2)N2CCOCC2)c2ccccn2c1C(=S)N=P(C1CCCCC1)(N1CCOCC1)N1CCOCC1. The van der Waals surface area contributed by atoms with Crippen molar-refractivity contribution in [2.75, 3.05) is 105 Å². The van der Waals surface area contributed by atoms with Gasteiger partial charge in [0.25, 0.3) is 0 Å². The van der Waals surface area contributed by atoms with E-state index >= 15 is 0 Å². The van der Waals surface area contributed by atoms with Crippen molar-refractivity contribution < 1.29 is 18.9 Å². The third-order valence-electron chi connectivity index (χ3n) is 12.7. The van der Waals surface area contributed by atoms with Gasteiger partial charge in [-0.05, 0) is 50.3 Å². The molecule has 0 N–H and O–H groups in total. The van der Waals surface area contributed by atoms with E-state index in [0.29, 0.717) is 16.3 Å². The summed E-state index contributed by atoms with van der Waals surface area (Å²) < 4.78 is 48.9. The van der Waals surface area contributed by atoms with Crippen molar-refractivity contribution in [1.29, 1.82) is 0 Å². The van der Waals surface area contributed by atoms with Crippen LogP contribution in [0.1, 0.15) is 81.0 Å². The topological polar surface area (TPSA) is 79.0 Å². The second-order valence-electron chi connectivity index (χ2n) is 15.7. The molecule has 11 nitrogen and oxygen atoms in total. The molecule has 4 saturated heterocycles. The first-order chi connectivity index (χ1) is 26.5. The minimum absolute atomic E-state index is 0.491. The Morgan fingerprint density at radius 2 is 0.963 bits per heavy atom. The molecule has 4 aliphatic heterocycles. The van der Waals surface area contributed by atoms with E-state index < -0.39 is 14.7 Å². The van der Waals surface area contributed by atoms with Gasteiger partial charge in [0, 0.05) is 75.4 Å². The molecule has 0 amide bonds. The quantitative estimate of drug-likeness (QED) is 0.196. The summed E-state index contributed by atoms with van der Waals surface area (Å²) in [6.07, 6.45) is 14.6. The van der Waals surface area contributed by atoms with Crippen molar-refractivity contribution in [3.05, 3.63) is 41.2 Å². The van der Waals surface area contributed by atoms with Crippen LogP contribution in [0.25, 0.3) is 5.52 Å². The molecule has 15 heteroatoms. The van der Waals surface area contributed by atoms with E-state index in [4.69, 9.17) is 52.9 Å². The third kappa shape index (κ3) is 7.81. The zero-order valence-electron chi connectivity index (χ0n) is 32.3. The third-order valence-corrected chi connectivity index (χ3v) is 22.5.